The number of hydrogen-bond acceptors (Lipinski definition) is 2. The normalized spacial score (nSPS) is 10.3. The van der Waals surface area contributed by atoms with Gasteiger partial charge in [-0.2, -0.15) is 0 Å². The van der Waals surface area contributed by atoms with Gasteiger partial charge in [-0.15, -0.1) is 0 Å². The topological polar surface area (TPSA) is 53.1 Å². The van der Waals surface area contributed by atoms with Gasteiger partial charge >= 0.3 is 0 Å². The third-order valence-electron chi connectivity index (χ3n) is 1.86. The van der Waals surface area contributed by atoms with Crippen molar-refractivity contribution in [2.45, 2.75) is 0 Å². The second-order valence-electron chi connectivity index (χ2n) is 2.56. The summed E-state index contributed by atoms with van der Waals surface area (Å²) in [7, 11) is 0. The van der Waals surface area contributed by atoms with Crippen molar-refractivity contribution in [2.75, 3.05) is 0 Å². The number of aromatic amines is 1. The molecular weight excluding hydrogens is 154 g/mol. The molecule has 2 rings (SSSR count). The molecule has 0 aliphatic carbocycles. The quantitative estimate of drug-likeness (QED) is 0.625. The predicted molar refractivity (Wildman–Crippen MR) is 45.4 cm³/mol. The van der Waals surface area contributed by atoms with Crippen LogP contribution in [0.5, 0.6) is 5.75 Å². The number of phenols is 1. The molecule has 2 aromatic rings. The second kappa shape index (κ2) is 2.37. The van der Waals surface area contributed by atoms with Crippen LogP contribution in [0.1, 0.15) is 10.4 Å². The lowest BCUT2D eigenvalue weighted by atomic mass is 10.1. The average Bonchev–Trinajstić information content (AvgIpc) is 2.54. The Labute approximate surface area is 68.6 Å². The van der Waals surface area contributed by atoms with Crippen LogP contribution in [0.3, 0.4) is 0 Å². The number of carbonyl (C=O) groups excluding carboxylic acids is 1. The number of carbonyl (C=O) groups is 1. The standard InChI is InChI=1S/C9H7NO2/c11-5-6-1-2-8(12)9-7(6)3-4-10-9/h1-5,10,12H. The number of nitrogens with one attached hydrogen (secondary N) is 1. The van der Waals surface area contributed by atoms with Crippen LogP contribution >= 0.6 is 0 Å². The Morgan fingerprint density at radius 2 is 2.17 bits per heavy atom. The van der Waals surface area contributed by atoms with E-state index in [1.165, 1.54) is 6.07 Å². The van der Waals surface area contributed by atoms with Crippen molar-refractivity contribution in [3.8, 4) is 5.75 Å². The van der Waals surface area contributed by atoms with Crippen LogP contribution in [0.25, 0.3) is 10.9 Å². The molecule has 0 unspecified atom stereocenters. The summed E-state index contributed by atoms with van der Waals surface area (Å²) in [4.78, 5) is 13.4. The monoisotopic (exact) mass is 161 g/mol. The summed E-state index contributed by atoms with van der Waals surface area (Å²) in [5, 5.41) is 10.1. The Hall–Kier alpha value is -1.77. The number of aromatic nitrogens is 1. The third kappa shape index (κ3) is 0.797. The summed E-state index contributed by atoms with van der Waals surface area (Å²) in [6.07, 6.45) is 2.47. The van der Waals surface area contributed by atoms with Gasteiger partial charge in [0.2, 0.25) is 0 Å². The zero-order chi connectivity index (χ0) is 8.55. The SMILES string of the molecule is O=Cc1ccc(O)c2[nH]ccc12. The Balaban J connectivity index is 2.91. The first-order chi connectivity index (χ1) is 5.83. The number of rotatable bonds is 1. The van der Waals surface area contributed by atoms with Gasteiger partial charge in [0.15, 0.2) is 6.29 Å². The van der Waals surface area contributed by atoms with Crippen molar-refractivity contribution >= 4 is 17.2 Å². The molecule has 0 saturated carbocycles. The lowest BCUT2D eigenvalue weighted by molar-refractivity contribution is 0.112. The van der Waals surface area contributed by atoms with Gasteiger partial charge in [0, 0.05) is 17.1 Å². The van der Waals surface area contributed by atoms with Crippen molar-refractivity contribution in [1.29, 1.82) is 0 Å². The van der Waals surface area contributed by atoms with Crippen LogP contribution in [-0.2, 0) is 0 Å². The van der Waals surface area contributed by atoms with Gasteiger partial charge in [-0.05, 0) is 18.2 Å². The van der Waals surface area contributed by atoms with Crippen LogP contribution in [0.2, 0.25) is 0 Å². The summed E-state index contributed by atoms with van der Waals surface area (Å²) in [6, 6.07) is 4.86. The summed E-state index contributed by atoms with van der Waals surface area (Å²) in [5.41, 5.74) is 1.20. The maximum atomic E-state index is 10.5. The summed E-state index contributed by atoms with van der Waals surface area (Å²) < 4.78 is 0. The van der Waals surface area contributed by atoms with E-state index >= 15 is 0 Å². The molecule has 2 N–H and O–H groups in total. The Morgan fingerprint density at radius 1 is 1.33 bits per heavy atom. The van der Waals surface area contributed by atoms with Gasteiger partial charge in [0.1, 0.15) is 5.75 Å². The summed E-state index contributed by atoms with van der Waals surface area (Å²) in [6.45, 7) is 0. The number of hydrogen-bond donors (Lipinski definition) is 2. The van der Waals surface area contributed by atoms with E-state index in [4.69, 9.17) is 0 Å². The van der Waals surface area contributed by atoms with Gasteiger partial charge in [0.25, 0.3) is 0 Å². The van der Waals surface area contributed by atoms with Crippen molar-refractivity contribution in [3.63, 3.8) is 0 Å². The number of benzene rings is 1. The first-order valence-electron chi connectivity index (χ1n) is 3.57. The average molecular weight is 161 g/mol. The van der Waals surface area contributed by atoms with E-state index < -0.39 is 0 Å². The lowest BCUT2D eigenvalue weighted by Crippen LogP contribution is -1.80. The highest BCUT2D eigenvalue weighted by Crippen LogP contribution is 2.24. The smallest absolute Gasteiger partial charge is 0.150 e. The van der Waals surface area contributed by atoms with Crippen LogP contribution in [0.4, 0.5) is 0 Å². The minimum atomic E-state index is 0.167. The van der Waals surface area contributed by atoms with E-state index in [0.717, 1.165) is 11.7 Å². The van der Waals surface area contributed by atoms with Crippen molar-refractivity contribution < 1.29 is 9.90 Å². The molecule has 60 valence electrons. The molecule has 3 nitrogen and oxygen atoms in total. The minimum Gasteiger partial charge on any atom is -0.506 e. The number of H-pyrrole nitrogens is 1. The van der Waals surface area contributed by atoms with E-state index in [9.17, 15) is 9.90 Å². The molecule has 0 fully saturated rings. The zero-order valence-corrected chi connectivity index (χ0v) is 6.24. The molecule has 0 aliphatic heterocycles. The molecule has 0 radical (unpaired) electrons. The number of aldehydes is 1. The third-order valence-corrected chi connectivity index (χ3v) is 1.86. The second-order valence-corrected chi connectivity index (χ2v) is 2.56. The Morgan fingerprint density at radius 3 is 2.92 bits per heavy atom. The van der Waals surface area contributed by atoms with Gasteiger partial charge < -0.3 is 10.1 Å². The molecule has 0 bridgehead atoms. The molecule has 0 aliphatic rings. The molecule has 3 heteroatoms. The predicted octanol–water partition coefficient (Wildman–Crippen LogP) is 1.69. The van der Waals surface area contributed by atoms with Crippen LogP contribution in [0, 0.1) is 0 Å². The zero-order valence-electron chi connectivity index (χ0n) is 6.24. The molecule has 1 heterocycles. The maximum Gasteiger partial charge on any atom is 0.150 e. The summed E-state index contributed by atoms with van der Waals surface area (Å²) >= 11 is 0. The van der Waals surface area contributed by atoms with Crippen LogP contribution in [0.15, 0.2) is 24.4 Å². The first kappa shape index (κ1) is 6.91. The van der Waals surface area contributed by atoms with Crippen LogP contribution in [-0.4, -0.2) is 16.4 Å². The Kier molecular flexibility index (Phi) is 1.37. The molecular formula is C9H7NO2. The van der Waals surface area contributed by atoms with Gasteiger partial charge in [-0.1, -0.05) is 0 Å². The minimum absolute atomic E-state index is 0.167. The molecule has 12 heavy (non-hydrogen) atoms. The molecule has 0 saturated heterocycles. The van der Waals surface area contributed by atoms with Gasteiger partial charge in [0.05, 0.1) is 5.52 Å². The van der Waals surface area contributed by atoms with E-state index in [2.05, 4.69) is 4.98 Å². The van der Waals surface area contributed by atoms with E-state index in [-0.39, 0.29) is 5.75 Å². The Bertz CT molecular complexity index is 431. The highest BCUT2D eigenvalue weighted by Gasteiger charge is 2.04. The highest BCUT2D eigenvalue weighted by atomic mass is 16.3. The van der Waals surface area contributed by atoms with Crippen molar-refractivity contribution in [3.05, 3.63) is 30.0 Å². The fourth-order valence-corrected chi connectivity index (χ4v) is 1.27. The number of aromatic hydroxyl groups is 1. The molecule has 0 amide bonds. The first-order valence-corrected chi connectivity index (χ1v) is 3.57. The molecule has 0 atom stereocenters. The van der Waals surface area contributed by atoms with Gasteiger partial charge in [-0.25, -0.2) is 0 Å². The molecule has 0 spiro atoms. The van der Waals surface area contributed by atoms with Crippen molar-refractivity contribution in [1.82, 2.24) is 4.98 Å². The van der Waals surface area contributed by atoms with Crippen LogP contribution < -0.4 is 0 Å². The highest BCUT2D eigenvalue weighted by molar-refractivity contribution is 5.99. The number of fused-ring (bicyclic) bond motifs is 1. The molecule has 1 aromatic heterocycles. The molecule has 1 aromatic carbocycles. The van der Waals surface area contributed by atoms with E-state index in [0.29, 0.717) is 11.1 Å². The largest absolute Gasteiger partial charge is 0.506 e. The van der Waals surface area contributed by atoms with E-state index in [1.807, 2.05) is 0 Å². The maximum absolute atomic E-state index is 10.5. The lowest BCUT2D eigenvalue weighted by Gasteiger charge is -1.96. The van der Waals surface area contributed by atoms with Gasteiger partial charge in [-0.3, -0.25) is 4.79 Å². The fraction of sp³-hybridized carbons (Fsp3) is 0. The summed E-state index contributed by atoms with van der Waals surface area (Å²) in [5.74, 6) is 0.167. The fourth-order valence-electron chi connectivity index (χ4n) is 1.27. The van der Waals surface area contributed by atoms with E-state index in [1.54, 1.807) is 18.3 Å². The van der Waals surface area contributed by atoms with Crippen molar-refractivity contribution in [2.24, 2.45) is 0 Å². The number of phenolic OH excluding ortho intramolecular Hbond substituents is 1.